The Hall–Kier alpha value is -1.55. The minimum atomic E-state index is -0.527. The van der Waals surface area contributed by atoms with Gasteiger partial charge in [-0.2, -0.15) is 0 Å². The van der Waals surface area contributed by atoms with Crippen molar-refractivity contribution in [3.05, 3.63) is 29.3 Å². The molecule has 1 aromatic carbocycles. The minimum absolute atomic E-state index is 0.200. The third kappa shape index (κ3) is 1.94. The number of benzene rings is 1. The van der Waals surface area contributed by atoms with Gasteiger partial charge in [-0.3, -0.25) is 0 Å². The third-order valence-corrected chi connectivity index (χ3v) is 2.21. The topological polar surface area (TPSA) is 44.5 Å². The van der Waals surface area contributed by atoms with Crippen LogP contribution in [0.5, 0.6) is 11.5 Å². The van der Waals surface area contributed by atoms with Gasteiger partial charge in [0.2, 0.25) is 6.79 Å². The number of halogens is 1. The van der Waals surface area contributed by atoms with E-state index in [0.29, 0.717) is 23.6 Å². The summed E-state index contributed by atoms with van der Waals surface area (Å²) in [6.07, 6.45) is 3.56. The van der Waals surface area contributed by atoms with E-state index in [1.807, 2.05) is 0 Å². The van der Waals surface area contributed by atoms with Crippen molar-refractivity contribution in [1.29, 1.82) is 0 Å². The second-order valence-electron chi connectivity index (χ2n) is 3.18. The van der Waals surface area contributed by atoms with E-state index in [1.54, 1.807) is 24.3 Å². The van der Waals surface area contributed by atoms with Gasteiger partial charge in [-0.1, -0.05) is 12.2 Å². The molecule has 2 N–H and O–H groups in total. The van der Waals surface area contributed by atoms with E-state index in [2.05, 4.69) is 0 Å². The van der Waals surface area contributed by atoms with E-state index in [-0.39, 0.29) is 6.79 Å². The van der Waals surface area contributed by atoms with Crippen LogP contribution in [-0.2, 0) is 6.67 Å². The van der Waals surface area contributed by atoms with Crippen molar-refractivity contribution in [2.75, 3.05) is 13.3 Å². The van der Waals surface area contributed by atoms with Crippen LogP contribution in [0.2, 0.25) is 0 Å². The average Bonchev–Trinajstić information content (AvgIpc) is 2.71. The van der Waals surface area contributed by atoms with Gasteiger partial charge in [-0.15, -0.1) is 0 Å². The number of hydrogen-bond acceptors (Lipinski definition) is 3. The van der Waals surface area contributed by atoms with Crippen molar-refractivity contribution in [2.24, 2.45) is 5.73 Å². The van der Waals surface area contributed by atoms with E-state index in [4.69, 9.17) is 15.2 Å². The van der Waals surface area contributed by atoms with Gasteiger partial charge in [0.05, 0.1) is 0 Å². The molecule has 0 fully saturated rings. The van der Waals surface area contributed by atoms with Crippen molar-refractivity contribution in [3.8, 4) is 11.5 Å². The molecule has 3 nitrogen and oxygen atoms in total. The first kappa shape index (κ1) is 9.98. The monoisotopic (exact) mass is 209 g/mol. The molecule has 0 unspecified atom stereocenters. The second-order valence-corrected chi connectivity index (χ2v) is 3.18. The van der Waals surface area contributed by atoms with Crippen molar-refractivity contribution in [3.63, 3.8) is 0 Å². The molecule has 15 heavy (non-hydrogen) atoms. The lowest BCUT2D eigenvalue weighted by molar-refractivity contribution is 0.174. The lowest BCUT2D eigenvalue weighted by atomic mass is 10.1. The van der Waals surface area contributed by atoms with Gasteiger partial charge in [0.15, 0.2) is 11.5 Å². The van der Waals surface area contributed by atoms with Crippen LogP contribution in [0, 0.1) is 0 Å². The highest BCUT2D eigenvalue weighted by atomic mass is 19.1. The van der Waals surface area contributed by atoms with Crippen LogP contribution in [0.3, 0.4) is 0 Å². The Kier molecular flexibility index (Phi) is 2.87. The van der Waals surface area contributed by atoms with E-state index in [1.165, 1.54) is 0 Å². The van der Waals surface area contributed by atoms with Crippen LogP contribution in [0.15, 0.2) is 18.2 Å². The summed E-state index contributed by atoms with van der Waals surface area (Å²) in [5.41, 5.74) is 6.72. The van der Waals surface area contributed by atoms with E-state index < -0.39 is 6.67 Å². The zero-order chi connectivity index (χ0) is 10.7. The lowest BCUT2D eigenvalue weighted by Crippen LogP contribution is -1.93. The molecule has 2 rings (SSSR count). The Balaban J connectivity index is 2.39. The fourth-order valence-electron chi connectivity index (χ4n) is 1.47. The molecular formula is C11H12FNO2. The number of rotatable bonds is 3. The van der Waals surface area contributed by atoms with Crippen molar-refractivity contribution < 1.29 is 13.9 Å². The van der Waals surface area contributed by atoms with Crippen LogP contribution in [-0.4, -0.2) is 13.3 Å². The highest BCUT2D eigenvalue weighted by molar-refractivity contribution is 5.60. The molecular weight excluding hydrogens is 197 g/mol. The molecule has 0 radical (unpaired) electrons. The minimum Gasteiger partial charge on any atom is -0.454 e. The maximum absolute atomic E-state index is 12.7. The normalized spacial score (nSPS) is 13.7. The van der Waals surface area contributed by atoms with Gasteiger partial charge in [-0.25, -0.2) is 4.39 Å². The first-order valence-electron chi connectivity index (χ1n) is 4.70. The molecule has 4 heteroatoms. The quantitative estimate of drug-likeness (QED) is 0.826. The maximum Gasteiger partial charge on any atom is 0.231 e. The Labute approximate surface area is 87.3 Å². The summed E-state index contributed by atoms with van der Waals surface area (Å²) in [5.74, 6) is 1.26. The van der Waals surface area contributed by atoms with Crippen molar-refractivity contribution in [2.45, 2.75) is 6.67 Å². The molecule has 0 aromatic heterocycles. The Morgan fingerprint density at radius 1 is 1.33 bits per heavy atom. The molecule has 1 heterocycles. The number of alkyl halides is 1. The molecule has 1 aromatic rings. The van der Waals surface area contributed by atoms with Gasteiger partial charge in [-0.05, 0) is 23.3 Å². The predicted octanol–water partition coefficient (Wildman–Crippen LogP) is 1.86. The summed E-state index contributed by atoms with van der Waals surface area (Å²) < 4.78 is 23.1. The fourth-order valence-corrected chi connectivity index (χ4v) is 1.47. The van der Waals surface area contributed by atoms with Crippen LogP contribution < -0.4 is 15.2 Å². The molecule has 0 atom stereocenters. The number of nitrogens with two attached hydrogens (primary N) is 1. The Morgan fingerprint density at radius 3 is 2.73 bits per heavy atom. The van der Waals surface area contributed by atoms with Crippen LogP contribution in [0.1, 0.15) is 11.1 Å². The number of fused-ring (bicyclic) bond motifs is 1. The highest BCUT2D eigenvalue weighted by Gasteiger charge is 2.15. The van der Waals surface area contributed by atoms with E-state index >= 15 is 0 Å². The molecule has 0 saturated heterocycles. The first-order chi connectivity index (χ1) is 7.35. The third-order valence-electron chi connectivity index (χ3n) is 2.21. The Bertz CT molecular complexity index is 390. The summed E-state index contributed by atoms with van der Waals surface area (Å²) >= 11 is 0. The second kappa shape index (κ2) is 4.31. The largest absolute Gasteiger partial charge is 0.454 e. The average molecular weight is 209 g/mol. The van der Waals surface area contributed by atoms with Crippen LogP contribution >= 0.6 is 0 Å². The summed E-state index contributed by atoms with van der Waals surface area (Å²) in [6, 6.07) is 3.43. The maximum atomic E-state index is 12.7. The molecule has 1 aliphatic heterocycles. The Morgan fingerprint density at radius 2 is 2.07 bits per heavy atom. The van der Waals surface area contributed by atoms with Gasteiger partial charge < -0.3 is 15.2 Å². The molecule has 0 aliphatic carbocycles. The van der Waals surface area contributed by atoms with Crippen molar-refractivity contribution in [1.82, 2.24) is 0 Å². The zero-order valence-electron chi connectivity index (χ0n) is 8.20. The highest BCUT2D eigenvalue weighted by Crippen LogP contribution is 2.35. The lowest BCUT2D eigenvalue weighted by Gasteiger charge is -2.04. The van der Waals surface area contributed by atoms with E-state index in [9.17, 15) is 4.39 Å². The molecule has 0 amide bonds. The SMILES string of the molecule is NC/C=C/c1cc2c(cc1CF)OCO2. The summed E-state index contributed by atoms with van der Waals surface area (Å²) in [6.45, 7) is 0.103. The summed E-state index contributed by atoms with van der Waals surface area (Å²) in [7, 11) is 0. The number of ether oxygens (including phenoxy) is 2. The predicted molar refractivity (Wildman–Crippen MR) is 55.5 cm³/mol. The molecule has 0 saturated carbocycles. The fraction of sp³-hybridized carbons (Fsp3) is 0.273. The van der Waals surface area contributed by atoms with Crippen LogP contribution in [0.4, 0.5) is 4.39 Å². The van der Waals surface area contributed by atoms with Gasteiger partial charge >= 0.3 is 0 Å². The zero-order valence-corrected chi connectivity index (χ0v) is 8.20. The van der Waals surface area contributed by atoms with Gasteiger partial charge in [0.25, 0.3) is 0 Å². The summed E-state index contributed by atoms with van der Waals surface area (Å²) in [4.78, 5) is 0. The standard InChI is InChI=1S/C11H12FNO2/c12-6-9-5-11-10(14-7-15-11)4-8(9)2-1-3-13/h1-2,4-5H,3,6-7,13H2/b2-1+. The molecule has 0 spiro atoms. The smallest absolute Gasteiger partial charge is 0.231 e. The van der Waals surface area contributed by atoms with Crippen molar-refractivity contribution >= 4 is 6.08 Å². The number of hydrogen-bond donors (Lipinski definition) is 1. The molecule has 1 aliphatic rings. The van der Waals surface area contributed by atoms with Gasteiger partial charge in [0.1, 0.15) is 6.67 Å². The van der Waals surface area contributed by atoms with Crippen LogP contribution in [0.25, 0.3) is 6.08 Å². The van der Waals surface area contributed by atoms with Gasteiger partial charge in [0, 0.05) is 6.54 Å². The molecule has 0 bridgehead atoms. The summed E-state index contributed by atoms with van der Waals surface area (Å²) in [5, 5.41) is 0. The molecule has 80 valence electrons. The van der Waals surface area contributed by atoms with E-state index in [0.717, 1.165) is 5.56 Å². The first-order valence-corrected chi connectivity index (χ1v) is 4.70.